The molecule has 0 aliphatic heterocycles. The van der Waals surface area contributed by atoms with Crippen LogP contribution in [0.25, 0.3) is 5.69 Å². The molecular formula is C13H12Cl2F3N3OS. The van der Waals surface area contributed by atoms with Crippen molar-refractivity contribution in [3.05, 3.63) is 32.8 Å². The van der Waals surface area contributed by atoms with Gasteiger partial charge in [-0.3, -0.25) is 4.57 Å². The lowest BCUT2D eigenvalue weighted by atomic mass is 10.3. The zero-order valence-corrected chi connectivity index (χ0v) is 14.6. The first-order chi connectivity index (χ1) is 10.5. The van der Waals surface area contributed by atoms with Gasteiger partial charge in [0.2, 0.25) is 10.6 Å². The summed E-state index contributed by atoms with van der Waals surface area (Å²) in [6.07, 6.45) is -4.87. The van der Waals surface area contributed by atoms with Crippen LogP contribution < -0.4 is 4.74 Å². The molecule has 1 heterocycles. The second kappa shape index (κ2) is 6.33. The molecule has 2 aromatic rings. The number of rotatable bonds is 3. The molecule has 0 saturated carbocycles. The Hall–Kier alpha value is -1.25. The van der Waals surface area contributed by atoms with Crippen LogP contribution in [0.1, 0.15) is 19.7 Å². The molecule has 0 fully saturated rings. The molecule has 0 N–H and O–H groups in total. The lowest BCUT2D eigenvalue weighted by Gasteiger charge is -2.15. The molecule has 1 aromatic carbocycles. The number of hydrogen-bond donors (Lipinski definition) is 0. The van der Waals surface area contributed by atoms with Crippen LogP contribution in [-0.2, 0) is 13.2 Å². The van der Waals surface area contributed by atoms with E-state index in [9.17, 15) is 13.2 Å². The van der Waals surface area contributed by atoms with E-state index in [1.807, 2.05) is 0 Å². The SMILES string of the molecule is CC(C)Oc1c(Cl)cc(-n2c(C(F)(F)F)nn(C)c2=S)cc1Cl. The van der Waals surface area contributed by atoms with E-state index in [0.717, 1.165) is 9.25 Å². The number of aryl methyl sites for hydroxylation is 1. The highest BCUT2D eigenvalue weighted by molar-refractivity contribution is 7.71. The van der Waals surface area contributed by atoms with Crippen molar-refractivity contribution in [1.82, 2.24) is 14.3 Å². The maximum absolute atomic E-state index is 13.1. The van der Waals surface area contributed by atoms with Gasteiger partial charge in [0.1, 0.15) is 0 Å². The van der Waals surface area contributed by atoms with Gasteiger partial charge in [-0.05, 0) is 38.2 Å². The van der Waals surface area contributed by atoms with Crippen molar-refractivity contribution in [3.63, 3.8) is 0 Å². The van der Waals surface area contributed by atoms with E-state index < -0.39 is 12.0 Å². The van der Waals surface area contributed by atoms with Gasteiger partial charge in [-0.1, -0.05) is 23.2 Å². The van der Waals surface area contributed by atoms with Crippen LogP contribution in [0.2, 0.25) is 10.0 Å². The zero-order chi connectivity index (χ0) is 17.5. The second-order valence-electron chi connectivity index (χ2n) is 4.97. The third-order valence-corrected chi connectivity index (χ3v) is 3.78. The van der Waals surface area contributed by atoms with Gasteiger partial charge < -0.3 is 4.74 Å². The van der Waals surface area contributed by atoms with Crippen molar-refractivity contribution in [3.8, 4) is 11.4 Å². The molecule has 0 radical (unpaired) electrons. The minimum absolute atomic E-state index is 0.0570. The van der Waals surface area contributed by atoms with Crippen LogP contribution in [0.3, 0.4) is 0 Å². The molecular weight excluding hydrogens is 374 g/mol. The van der Waals surface area contributed by atoms with Crippen molar-refractivity contribution in [2.45, 2.75) is 26.1 Å². The van der Waals surface area contributed by atoms with E-state index in [-0.39, 0.29) is 32.4 Å². The first kappa shape index (κ1) is 18.1. The van der Waals surface area contributed by atoms with Gasteiger partial charge in [0, 0.05) is 7.05 Å². The molecule has 126 valence electrons. The molecule has 0 bridgehead atoms. The van der Waals surface area contributed by atoms with Gasteiger partial charge in [0.15, 0.2) is 5.75 Å². The summed E-state index contributed by atoms with van der Waals surface area (Å²) < 4.78 is 46.5. The average Bonchev–Trinajstić information content (AvgIpc) is 2.70. The smallest absolute Gasteiger partial charge is 0.452 e. The van der Waals surface area contributed by atoms with Gasteiger partial charge in [-0.2, -0.15) is 13.2 Å². The highest BCUT2D eigenvalue weighted by Crippen LogP contribution is 2.38. The first-order valence-electron chi connectivity index (χ1n) is 6.41. The number of aromatic nitrogens is 3. The van der Waals surface area contributed by atoms with Crippen molar-refractivity contribution in [2.24, 2.45) is 7.05 Å². The van der Waals surface area contributed by atoms with Gasteiger partial charge in [-0.15, -0.1) is 5.10 Å². The fraction of sp³-hybridized carbons (Fsp3) is 0.385. The number of ether oxygens (including phenoxy) is 1. The van der Waals surface area contributed by atoms with Crippen LogP contribution in [0.5, 0.6) is 5.75 Å². The normalized spacial score (nSPS) is 12.0. The number of benzene rings is 1. The quantitative estimate of drug-likeness (QED) is 0.692. The van der Waals surface area contributed by atoms with E-state index >= 15 is 0 Å². The molecule has 2 rings (SSSR count). The van der Waals surface area contributed by atoms with E-state index in [0.29, 0.717) is 0 Å². The number of nitrogens with zero attached hydrogens (tertiary/aromatic N) is 3. The van der Waals surface area contributed by atoms with Gasteiger partial charge >= 0.3 is 6.18 Å². The molecule has 0 aliphatic rings. The molecule has 4 nitrogen and oxygen atoms in total. The largest absolute Gasteiger partial charge is 0.488 e. The topological polar surface area (TPSA) is 32.0 Å². The van der Waals surface area contributed by atoms with Crippen LogP contribution in [0, 0.1) is 4.77 Å². The number of alkyl halides is 3. The van der Waals surface area contributed by atoms with E-state index in [2.05, 4.69) is 5.10 Å². The molecule has 0 aliphatic carbocycles. The highest BCUT2D eigenvalue weighted by atomic mass is 35.5. The summed E-state index contributed by atoms with van der Waals surface area (Å²) in [6, 6.07) is 2.61. The fourth-order valence-corrected chi connectivity index (χ4v) is 2.70. The Morgan fingerprint density at radius 1 is 1.22 bits per heavy atom. The fourth-order valence-electron chi connectivity index (χ4n) is 1.90. The van der Waals surface area contributed by atoms with Crippen molar-refractivity contribution < 1.29 is 17.9 Å². The molecule has 23 heavy (non-hydrogen) atoms. The molecule has 0 amide bonds. The summed E-state index contributed by atoms with van der Waals surface area (Å²) in [5, 5.41) is 3.59. The lowest BCUT2D eigenvalue weighted by Crippen LogP contribution is -2.14. The van der Waals surface area contributed by atoms with Crippen molar-refractivity contribution in [1.29, 1.82) is 0 Å². The Labute approximate surface area is 145 Å². The Balaban J connectivity index is 2.67. The summed E-state index contributed by atoms with van der Waals surface area (Å²) in [4.78, 5) is 0. The van der Waals surface area contributed by atoms with Gasteiger partial charge in [-0.25, -0.2) is 4.68 Å². The third-order valence-electron chi connectivity index (χ3n) is 2.77. The summed E-state index contributed by atoms with van der Waals surface area (Å²) >= 11 is 17.2. The molecule has 0 saturated heterocycles. The molecule has 10 heteroatoms. The second-order valence-corrected chi connectivity index (χ2v) is 6.15. The van der Waals surface area contributed by atoms with Crippen LogP contribution in [0.15, 0.2) is 12.1 Å². The van der Waals surface area contributed by atoms with Crippen molar-refractivity contribution >= 4 is 35.4 Å². The zero-order valence-electron chi connectivity index (χ0n) is 12.3. The standard InChI is InChI=1S/C13H12Cl2F3N3OS/c1-6(2)22-10-8(14)4-7(5-9(10)15)21-11(13(16,17)18)19-20(3)12(21)23/h4-6H,1-3H3. The minimum Gasteiger partial charge on any atom is -0.488 e. The number of hydrogen-bond acceptors (Lipinski definition) is 3. The Bertz CT molecular complexity index is 776. The molecule has 0 spiro atoms. The Kier molecular flexibility index (Phi) is 4.98. The van der Waals surface area contributed by atoms with Gasteiger partial charge in [0.05, 0.1) is 21.8 Å². The summed E-state index contributed by atoms with van der Waals surface area (Å²) in [7, 11) is 1.33. The predicted octanol–water partition coefficient (Wildman–Crippen LogP) is 5.05. The molecule has 0 atom stereocenters. The van der Waals surface area contributed by atoms with Crippen molar-refractivity contribution in [2.75, 3.05) is 0 Å². The Morgan fingerprint density at radius 3 is 2.17 bits per heavy atom. The molecule has 1 aromatic heterocycles. The summed E-state index contributed by atoms with van der Waals surface area (Å²) in [5.41, 5.74) is 0.0570. The monoisotopic (exact) mass is 385 g/mol. The van der Waals surface area contributed by atoms with E-state index in [1.54, 1.807) is 13.8 Å². The molecule has 0 unspecified atom stereocenters. The van der Waals surface area contributed by atoms with Crippen LogP contribution in [-0.4, -0.2) is 20.5 Å². The van der Waals surface area contributed by atoms with Gasteiger partial charge in [0.25, 0.3) is 0 Å². The minimum atomic E-state index is -4.68. The Morgan fingerprint density at radius 2 is 1.74 bits per heavy atom. The van der Waals surface area contributed by atoms with Crippen LogP contribution in [0.4, 0.5) is 13.2 Å². The summed E-state index contributed by atoms with van der Waals surface area (Å²) in [6.45, 7) is 3.55. The average molecular weight is 386 g/mol. The van der Waals surface area contributed by atoms with E-state index in [1.165, 1.54) is 19.2 Å². The highest BCUT2D eigenvalue weighted by Gasteiger charge is 2.38. The summed E-state index contributed by atoms with van der Waals surface area (Å²) in [5.74, 6) is -0.953. The maximum atomic E-state index is 13.1. The van der Waals surface area contributed by atoms with Crippen LogP contribution >= 0.6 is 35.4 Å². The third kappa shape index (κ3) is 3.64. The maximum Gasteiger partial charge on any atom is 0.452 e. The van der Waals surface area contributed by atoms with E-state index in [4.69, 9.17) is 40.2 Å². The first-order valence-corrected chi connectivity index (χ1v) is 7.58. The predicted molar refractivity (Wildman–Crippen MR) is 84.2 cm³/mol. The lowest BCUT2D eigenvalue weighted by molar-refractivity contribution is -0.146. The number of halogens is 5.